The van der Waals surface area contributed by atoms with Crippen LogP contribution in [0.5, 0.6) is 0 Å². The maximum Gasteiger partial charge on any atom is 0.268 e. The normalized spacial score (nSPS) is 17.1. The maximum absolute atomic E-state index is 11.9. The van der Waals surface area contributed by atoms with Crippen LogP contribution in [0.4, 0.5) is 5.69 Å². The van der Waals surface area contributed by atoms with E-state index in [-0.39, 0.29) is 11.9 Å². The van der Waals surface area contributed by atoms with Gasteiger partial charge in [0.1, 0.15) is 5.69 Å². The van der Waals surface area contributed by atoms with Gasteiger partial charge >= 0.3 is 0 Å². The van der Waals surface area contributed by atoms with Crippen molar-refractivity contribution >= 4 is 11.6 Å². The van der Waals surface area contributed by atoms with Crippen LogP contribution in [0.2, 0.25) is 0 Å². The number of carbonyl (C=O) groups excluding carboxylic acids is 1. The van der Waals surface area contributed by atoms with Crippen LogP contribution >= 0.6 is 0 Å². The molecule has 1 saturated carbocycles. The zero-order valence-electron chi connectivity index (χ0n) is 9.86. The fourth-order valence-electron chi connectivity index (χ4n) is 2.03. The lowest BCUT2D eigenvalue weighted by Crippen LogP contribution is -2.33. The van der Waals surface area contributed by atoms with Gasteiger partial charge in [0.2, 0.25) is 0 Å². The number of nitrogen functional groups attached to an aromatic ring is 1. The number of anilines is 1. The monoisotopic (exact) mass is 221 g/mol. The van der Waals surface area contributed by atoms with Crippen LogP contribution in [-0.4, -0.2) is 16.5 Å². The molecule has 4 heteroatoms. The van der Waals surface area contributed by atoms with Crippen molar-refractivity contribution in [3.63, 3.8) is 0 Å². The molecule has 1 aromatic heterocycles. The molecular formula is C12H19N3O. The molecule has 0 saturated heterocycles. The minimum absolute atomic E-state index is 0.0349. The largest absolute Gasteiger partial charge is 0.397 e. The topological polar surface area (TPSA) is 60.1 Å². The molecule has 0 aliphatic heterocycles. The molecule has 4 nitrogen and oxygen atoms in total. The Morgan fingerprint density at radius 3 is 2.88 bits per heavy atom. The minimum atomic E-state index is -0.0349. The number of hydrogen-bond donors (Lipinski definition) is 2. The average molecular weight is 221 g/mol. The number of hydrogen-bond acceptors (Lipinski definition) is 2. The standard InChI is InChI=1S/C12H19N3O/c1-8(5-9-3-4-9)14-12(16)11-6-10(13)7-15(11)2/h6-9H,3-5,13H2,1-2H3,(H,14,16). The molecule has 1 amide bonds. The van der Waals surface area contributed by atoms with Crippen molar-refractivity contribution in [2.75, 3.05) is 5.73 Å². The van der Waals surface area contributed by atoms with Gasteiger partial charge in [0.25, 0.3) is 5.91 Å². The Balaban J connectivity index is 1.93. The van der Waals surface area contributed by atoms with Gasteiger partial charge in [-0.1, -0.05) is 12.8 Å². The van der Waals surface area contributed by atoms with Gasteiger partial charge in [-0.2, -0.15) is 0 Å². The summed E-state index contributed by atoms with van der Waals surface area (Å²) in [7, 11) is 1.83. The van der Waals surface area contributed by atoms with E-state index in [0.717, 1.165) is 12.3 Å². The fourth-order valence-corrected chi connectivity index (χ4v) is 2.03. The highest BCUT2D eigenvalue weighted by molar-refractivity contribution is 5.93. The van der Waals surface area contributed by atoms with E-state index in [2.05, 4.69) is 12.2 Å². The summed E-state index contributed by atoms with van der Waals surface area (Å²) >= 11 is 0. The van der Waals surface area contributed by atoms with Gasteiger partial charge in [0.15, 0.2) is 0 Å². The fraction of sp³-hybridized carbons (Fsp3) is 0.583. The third-order valence-electron chi connectivity index (χ3n) is 3.02. The summed E-state index contributed by atoms with van der Waals surface area (Å²) in [6, 6.07) is 1.95. The molecule has 1 heterocycles. The van der Waals surface area contributed by atoms with Gasteiger partial charge in [0, 0.05) is 19.3 Å². The van der Waals surface area contributed by atoms with E-state index in [1.54, 1.807) is 16.8 Å². The molecular weight excluding hydrogens is 202 g/mol. The van der Waals surface area contributed by atoms with Crippen LogP contribution in [0.15, 0.2) is 12.3 Å². The molecule has 3 N–H and O–H groups in total. The third-order valence-corrected chi connectivity index (χ3v) is 3.02. The Labute approximate surface area is 95.8 Å². The molecule has 1 atom stereocenters. The molecule has 0 spiro atoms. The highest BCUT2D eigenvalue weighted by Crippen LogP contribution is 2.33. The number of aromatic nitrogens is 1. The Bertz CT molecular complexity index is 393. The van der Waals surface area contributed by atoms with Crippen molar-refractivity contribution in [3.8, 4) is 0 Å². The number of aryl methyl sites for hydroxylation is 1. The van der Waals surface area contributed by atoms with Gasteiger partial charge < -0.3 is 15.6 Å². The molecule has 16 heavy (non-hydrogen) atoms. The van der Waals surface area contributed by atoms with Crippen LogP contribution in [0.1, 0.15) is 36.7 Å². The first kappa shape index (κ1) is 11.0. The molecule has 88 valence electrons. The Kier molecular flexibility index (Phi) is 2.90. The zero-order valence-corrected chi connectivity index (χ0v) is 9.86. The van der Waals surface area contributed by atoms with E-state index >= 15 is 0 Å². The number of nitrogens with two attached hydrogens (primary N) is 1. The highest BCUT2D eigenvalue weighted by atomic mass is 16.2. The summed E-state index contributed by atoms with van der Waals surface area (Å²) in [5, 5.41) is 3.01. The van der Waals surface area contributed by atoms with Crippen LogP contribution in [-0.2, 0) is 7.05 Å². The number of carbonyl (C=O) groups is 1. The molecule has 1 fully saturated rings. The van der Waals surface area contributed by atoms with E-state index in [9.17, 15) is 4.79 Å². The van der Waals surface area contributed by atoms with E-state index in [4.69, 9.17) is 5.73 Å². The highest BCUT2D eigenvalue weighted by Gasteiger charge is 2.24. The Hall–Kier alpha value is -1.45. The first-order valence-electron chi connectivity index (χ1n) is 5.79. The summed E-state index contributed by atoms with van der Waals surface area (Å²) in [6.45, 7) is 2.06. The second-order valence-corrected chi connectivity index (χ2v) is 4.82. The summed E-state index contributed by atoms with van der Waals surface area (Å²) < 4.78 is 1.76. The minimum Gasteiger partial charge on any atom is -0.397 e. The summed E-state index contributed by atoms with van der Waals surface area (Å²) in [5.41, 5.74) is 6.89. The number of amides is 1. The SMILES string of the molecule is CC(CC1CC1)NC(=O)c1cc(N)cn1C. The zero-order chi connectivity index (χ0) is 11.7. The van der Waals surface area contributed by atoms with Crippen LogP contribution in [0, 0.1) is 5.92 Å². The van der Waals surface area contributed by atoms with Crippen molar-refractivity contribution in [3.05, 3.63) is 18.0 Å². The van der Waals surface area contributed by atoms with E-state index < -0.39 is 0 Å². The van der Waals surface area contributed by atoms with E-state index in [0.29, 0.717) is 11.4 Å². The molecule has 0 bridgehead atoms. The van der Waals surface area contributed by atoms with Crippen LogP contribution < -0.4 is 11.1 Å². The van der Waals surface area contributed by atoms with Gasteiger partial charge in [0.05, 0.1) is 5.69 Å². The van der Waals surface area contributed by atoms with Crippen molar-refractivity contribution in [2.24, 2.45) is 13.0 Å². The molecule has 1 unspecified atom stereocenters. The molecule has 1 aromatic rings. The van der Waals surface area contributed by atoms with Crippen LogP contribution in [0.3, 0.4) is 0 Å². The first-order chi connectivity index (χ1) is 7.56. The lowest BCUT2D eigenvalue weighted by atomic mass is 10.1. The molecule has 2 rings (SSSR count). The van der Waals surface area contributed by atoms with Gasteiger partial charge in [-0.05, 0) is 25.3 Å². The van der Waals surface area contributed by atoms with Gasteiger partial charge in [-0.25, -0.2) is 0 Å². The predicted molar refractivity (Wildman–Crippen MR) is 64.1 cm³/mol. The summed E-state index contributed by atoms with van der Waals surface area (Å²) in [5.74, 6) is 0.793. The summed E-state index contributed by atoms with van der Waals surface area (Å²) in [4.78, 5) is 11.9. The Morgan fingerprint density at radius 1 is 1.69 bits per heavy atom. The number of rotatable bonds is 4. The first-order valence-corrected chi connectivity index (χ1v) is 5.79. The molecule has 1 aliphatic rings. The molecule has 0 radical (unpaired) electrons. The van der Waals surface area contributed by atoms with Crippen molar-refractivity contribution in [1.82, 2.24) is 9.88 Å². The Morgan fingerprint density at radius 2 is 2.38 bits per heavy atom. The van der Waals surface area contributed by atoms with E-state index in [1.807, 2.05) is 7.05 Å². The quantitative estimate of drug-likeness (QED) is 0.810. The van der Waals surface area contributed by atoms with Crippen LogP contribution in [0.25, 0.3) is 0 Å². The number of nitrogens with one attached hydrogen (secondary N) is 1. The second-order valence-electron chi connectivity index (χ2n) is 4.82. The third kappa shape index (κ3) is 2.56. The lowest BCUT2D eigenvalue weighted by Gasteiger charge is -2.13. The van der Waals surface area contributed by atoms with Gasteiger partial charge in [-0.15, -0.1) is 0 Å². The van der Waals surface area contributed by atoms with Gasteiger partial charge in [-0.3, -0.25) is 4.79 Å². The maximum atomic E-state index is 11.9. The smallest absolute Gasteiger partial charge is 0.268 e. The summed E-state index contributed by atoms with van der Waals surface area (Å²) in [6.07, 6.45) is 5.47. The average Bonchev–Trinajstić information content (AvgIpc) is 2.90. The predicted octanol–water partition coefficient (Wildman–Crippen LogP) is 1.53. The lowest BCUT2D eigenvalue weighted by molar-refractivity contribution is 0.0929. The van der Waals surface area contributed by atoms with E-state index in [1.165, 1.54) is 12.8 Å². The van der Waals surface area contributed by atoms with Crippen molar-refractivity contribution in [2.45, 2.75) is 32.2 Å². The number of nitrogens with zero attached hydrogens (tertiary/aromatic N) is 1. The second kappa shape index (κ2) is 4.20. The van der Waals surface area contributed by atoms with Crippen molar-refractivity contribution in [1.29, 1.82) is 0 Å². The molecule has 0 aromatic carbocycles. The molecule has 1 aliphatic carbocycles. The van der Waals surface area contributed by atoms with Crippen molar-refractivity contribution < 1.29 is 4.79 Å².